The Hall–Kier alpha value is -3.39. The maximum Gasteiger partial charge on any atom is 0.236 e. The molecular formula is C25H28N6OS. The monoisotopic (exact) mass is 460 g/mol. The molecule has 0 bridgehead atoms. The van der Waals surface area contributed by atoms with Crippen molar-refractivity contribution in [3.8, 4) is 16.9 Å². The van der Waals surface area contributed by atoms with Gasteiger partial charge in [0.2, 0.25) is 5.91 Å². The summed E-state index contributed by atoms with van der Waals surface area (Å²) in [5.74, 6) is 1.90. The first kappa shape index (κ1) is 22.8. The number of thioether (sulfide) groups is 1. The van der Waals surface area contributed by atoms with Crippen LogP contribution in [-0.4, -0.2) is 36.2 Å². The molecule has 0 aliphatic heterocycles. The molecule has 4 rings (SSSR count). The Balaban J connectivity index is 1.59. The number of anilines is 1. The number of benzene rings is 2. The Kier molecular flexibility index (Phi) is 6.65. The summed E-state index contributed by atoms with van der Waals surface area (Å²) in [6, 6.07) is 18.0. The predicted octanol–water partition coefficient (Wildman–Crippen LogP) is 5.14. The molecule has 0 aliphatic rings. The Morgan fingerprint density at radius 3 is 2.52 bits per heavy atom. The number of nitrogens with one attached hydrogen (secondary N) is 1. The molecule has 2 aromatic carbocycles. The molecule has 2 heterocycles. The number of carbonyl (C=O) groups excluding carboxylic acids is 1. The summed E-state index contributed by atoms with van der Waals surface area (Å²) in [5.41, 5.74) is 5.05. The lowest BCUT2D eigenvalue weighted by Crippen LogP contribution is -2.17. The predicted molar refractivity (Wildman–Crippen MR) is 133 cm³/mol. The fraction of sp³-hybridized carbons (Fsp3) is 0.280. The molecule has 0 unspecified atom stereocenters. The van der Waals surface area contributed by atoms with E-state index in [4.69, 9.17) is 5.10 Å². The molecule has 0 fully saturated rings. The molecule has 8 heteroatoms. The Labute approximate surface area is 198 Å². The van der Waals surface area contributed by atoms with Gasteiger partial charge in [-0.15, -0.1) is 10.2 Å². The Morgan fingerprint density at radius 1 is 1.06 bits per heavy atom. The van der Waals surface area contributed by atoms with Crippen molar-refractivity contribution in [3.05, 3.63) is 71.5 Å². The third-order valence-corrected chi connectivity index (χ3v) is 6.38. The van der Waals surface area contributed by atoms with E-state index in [-0.39, 0.29) is 17.6 Å². The fourth-order valence-electron chi connectivity index (χ4n) is 3.64. The van der Waals surface area contributed by atoms with Crippen LogP contribution in [0, 0.1) is 13.8 Å². The van der Waals surface area contributed by atoms with Gasteiger partial charge in [-0.2, -0.15) is 5.10 Å². The number of nitrogens with zero attached hydrogens (tertiary/aromatic N) is 5. The SMILES string of the molecule is Cc1ccc(C)c(-c2cc(NC(=O)CSc3nnc(C(C)C)n3C)n(-c3ccccc3)n2)c1. The smallest absolute Gasteiger partial charge is 0.236 e. The molecule has 7 nitrogen and oxygen atoms in total. The minimum Gasteiger partial charge on any atom is -0.310 e. The Morgan fingerprint density at radius 2 is 1.82 bits per heavy atom. The molecule has 1 N–H and O–H groups in total. The number of amides is 1. The third kappa shape index (κ3) is 5.01. The van der Waals surface area contributed by atoms with Crippen molar-refractivity contribution in [2.24, 2.45) is 7.05 Å². The Bertz CT molecular complexity index is 1280. The molecule has 0 spiro atoms. The van der Waals surface area contributed by atoms with Gasteiger partial charge in [0.25, 0.3) is 0 Å². The van der Waals surface area contributed by atoms with Crippen LogP contribution in [0.3, 0.4) is 0 Å². The number of hydrogen-bond acceptors (Lipinski definition) is 5. The van der Waals surface area contributed by atoms with Crippen LogP contribution in [0.1, 0.15) is 36.7 Å². The molecule has 1 amide bonds. The van der Waals surface area contributed by atoms with E-state index in [1.807, 2.05) is 48.0 Å². The highest BCUT2D eigenvalue weighted by molar-refractivity contribution is 7.99. The summed E-state index contributed by atoms with van der Waals surface area (Å²) in [7, 11) is 1.93. The van der Waals surface area contributed by atoms with E-state index in [0.717, 1.165) is 39.1 Å². The second-order valence-electron chi connectivity index (χ2n) is 8.37. The van der Waals surface area contributed by atoms with Crippen LogP contribution in [0.25, 0.3) is 16.9 Å². The first-order chi connectivity index (χ1) is 15.8. The van der Waals surface area contributed by atoms with Gasteiger partial charge in [0, 0.05) is 24.6 Å². The number of para-hydroxylation sites is 1. The molecule has 4 aromatic rings. The molecule has 2 aromatic heterocycles. The van der Waals surface area contributed by atoms with Crippen molar-refractivity contribution >= 4 is 23.5 Å². The van der Waals surface area contributed by atoms with Crippen molar-refractivity contribution in [1.29, 1.82) is 0 Å². The highest BCUT2D eigenvalue weighted by atomic mass is 32.2. The topological polar surface area (TPSA) is 77.6 Å². The molecule has 0 saturated heterocycles. The van der Waals surface area contributed by atoms with Crippen LogP contribution in [0.5, 0.6) is 0 Å². The number of rotatable bonds is 7. The largest absolute Gasteiger partial charge is 0.310 e. The van der Waals surface area contributed by atoms with E-state index in [9.17, 15) is 4.79 Å². The van der Waals surface area contributed by atoms with Crippen LogP contribution in [0.15, 0.2) is 59.8 Å². The first-order valence-electron chi connectivity index (χ1n) is 10.9. The van der Waals surface area contributed by atoms with Crippen molar-refractivity contribution < 1.29 is 4.79 Å². The summed E-state index contributed by atoms with van der Waals surface area (Å²) >= 11 is 1.37. The van der Waals surface area contributed by atoms with E-state index in [2.05, 4.69) is 61.4 Å². The quantitative estimate of drug-likeness (QED) is 0.387. The van der Waals surface area contributed by atoms with Crippen LogP contribution in [-0.2, 0) is 11.8 Å². The molecule has 170 valence electrons. The number of aromatic nitrogens is 5. The van der Waals surface area contributed by atoms with Gasteiger partial charge in [0.1, 0.15) is 11.6 Å². The fourth-order valence-corrected chi connectivity index (χ4v) is 4.36. The lowest BCUT2D eigenvalue weighted by molar-refractivity contribution is -0.113. The van der Waals surface area contributed by atoms with Crippen molar-refractivity contribution in [2.75, 3.05) is 11.1 Å². The minimum absolute atomic E-state index is 0.126. The van der Waals surface area contributed by atoms with E-state index >= 15 is 0 Å². The standard InChI is InChI=1S/C25H28N6OS/c1-16(2)24-27-28-25(30(24)5)33-15-23(32)26-22-14-21(20-13-17(3)11-12-18(20)4)29-31(22)19-9-7-6-8-10-19/h6-14,16H,15H2,1-5H3,(H,26,32). The zero-order valence-electron chi connectivity index (χ0n) is 19.5. The first-order valence-corrected chi connectivity index (χ1v) is 11.9. The highest BCUT2D eigenvalue weighted by Crippen LogP contribution is 2.28. The second kappa shape index (κ2) is 9.62. The number of carbonyl (C=O) groups is 1. The van der Waals surface area contributed by atoms with Gasteiger partial charge in [0.05, 0.1) is 17.1 Å². The van der Waals surface area contributed by atoms with Crippen LogP contribution in [0.2, 0.25) is 0 Å². The normalized spacial score (nSPS) is 11.2. The van der Waals surface area contributed by atoms with Crippen LogP contribution >= 0.6 is 11.8 Å². The zero-order valence-corrected chi connectivity index (χ0v) is 20.3. The van der Waals surface area contributed by atoms with Crippen LogP contribution < -0.4 is 5.32 Å². The molecule has 0 saturated carbocycles. The van der Waals surface area contributed by atoms with Gasteiger partial charge in [-0.3, -0.25) is 4.79 Å². The van der Waals surface area contributed by atoms with Gasteiger partial charge in [-0.05, 0) is 37.6 Å². The molecule has 0 radical (unpaired) electrons. The van der Waals surface area contributed by atoms with Gasteiger partial charge >= 0.3 is 0 Å². The molecular weight excluding hydrogens is 432 g/mol. The second-order valence-corrected chi connectivity index (χ2v) is 9.31. The van der Waals surface area contributed by atoms with Crippen molar-refractivity contribution in [1.82, 2.24) is 24.5 Å². The maximum atomic E-state index is 12.9. The zero-order chi connectivity index (χ0) is 23.5. The van der Waals surface area contributed by atoms with E-state index in [1.165, 1.54) is 11.8 Å². The van der Waals surface area contributed by atoms with Gasteiger partial charge in [-0.25, -0.2) is 4.68 Å². The molecule has 0 atom stereocenters. The van der Waals surface area contributed by atoms with Crippen molar-refractivity contribution in [3.63, 3.8) is 0 Å². The molecule has 33 heavy (non-hydrogen) atoms. The minimum atomic E-state index is -0.126. The van der Waals surface area contributed by atoms with E-state index in [0.29, 0.717) is 5.82 Å². The maximum absolute atomic E-state index is 12.9. The summed E-state index contributed by atoms with van der Waals surface area (Å²) in [4.78, 5) is 12.9. The van der Waals surface area contributed by atoms with Gasteiger partial charge in [-0.1, -0.05) is 61.5 Å². The van der Waals surface area contributed by atoms with Crippen LogP contribution in [0.4, 0.5) is 5.82 Å². The van der Waals surface area contributed by atoms with Gasteiger partial charge < -0.3 is 9.88 Å². The summed E-state index contributed by atoms with van der Waals surface area (Å²) < 4.78 is 3.72. The summed E-state index contributed by atoms with van der Waals surface area (Å²) in [6.07, 6.45) is 0. The lowest BCUT2D eigenvalue weighted by atomic mass is 10.0. The summed E-state index contributed by atoms with van der Waals surface area (Å²) in [5, 5.41) is 17.0. The highest BCUT2D eigenvalue weighted by Gasteiger charge is 2.17. The average Bonchev–Trinajstić information content (AvgIpc) is 3.38. The molecule has 0 aliphatic carbocycles. The van der Waals surface area contributed by atoms with Crippen molar-refractivity contribution in [2.45, 2.75) is 38.8 Å². The summed E-state index contributed by atoms with van der Waals surface area (Å²) in [6.45, 7) is 8.28. The number of hydrogen-bond donors (Lipinski definition) is 1. The number of aryl methyl sites for hydroxylation is 2. The van der Waals surface area contributed by atoms with E-state index in [1.54, 1.807) is 4.68 Å². The third-order valence-electron chi connectivity index (χ3n) is 5.36. The van der Waals surface area contributed by atoms with Gasteiger partial charge in [0.15, 0.2) is 5.16 Å². The lowest BCUT2D eigenvalue weighted by Gasteiger charge is -2.09. The van der Waals surface area contributed by atoms with E-state index < -0.39 is 0 Å². The average molecular weight is 461 g/mol.